The first-order chi connectivity index (χ1) is 11.1. The summed E-state index contributed by atoms with van der Waals surface area (Å²) in [5, 5.41) is 8.14. The molecule has 2 heterocycles. The summed E-state index contributed by atoms with van der Waals surface area (Å²) in [7, 11) is 1.99. The molecule has 0 bridgehead atoms. The average Bonchev–Trinajstić information content (AvgIpc) is 2.98. The van der Waals surface area contributed by atoms with E-state index in [9.17, 15) is 4.79 Å². The second-order valence-corrected chi connectivity index (χ2v) is 7.96. The lowest BCUT2D eigenvalue weighted by Gasteiger charge is -2.25. The molecule has 0 saturated carbocycles. The monoisotopic (exact) mass is 336 g/mol. The van der Waals surface area contributed by atoms with Gasteiger partial charge in [-0.05, 0) is 59.9 Å². The number of carbonyl (C=O) groups is 1. The maximum absolute atomic E-state index is 12.1. The molecule has 2 atom stereocenters. The summed E-state index contributed by atoms with van der Waals surface area (Å²) in [6.07, 6.45) is 1.71. The Hall–Kier alpha value is -1.56. The third-order valence-electron chi connectivity index (χ3n) is 4.53. The molecule has 1 saturated heterocycles. The normalized spacial score (nSPS) is 19.6. The van der Waals surface area contributed by atoms with Crippen LogP contribution in [0.5, 0.6) is 0 Å². The first-order valence-electron chi connectivity index (χ1n) is 8.80. The molecule has 1 aromatic rings. The van der Waals surface area contributed by atoms with Gasteiger partial charge in [0.1, 0.15) is 5.60 Å². The second kappa shape index (κ2) is 7.13. The quantitative estimate of drug-likeness (QED) is 0.918. The number of carbonyl (C=O) groups excluding carboxylic acids is 1. The molecule has 1 aromatic heterocycles. The van der Waals surface area contributed by atoms with E-state index in [4.69, 9.17) is 4.74 Å². The lowest BCUT2D eigenvalue weighted by molar-refractivity contribution is 0.0290. The molecule has 6 nitrogen and oxygen atoms in total. The average molecular weight is 336 g/mol. The number of ether oxygens (including phenoxy) is 1. The van der Waals surface area contributed by atoms with E-state index in [0.29, 0.717) is 18.6 Å². The number of hydrogen-bond donors (Lipinski definition) is 1. The van der Waals surface area contributed by atoms with Crippen molar-refractivity contribution in [2.75, 3.05) is 13.1 Å². The fourth-order valence-corrected chi connectivity index (χ4v) is 3.27. The Morgan fingerprint density at radius 2 is 2.08 bits per heavy atom. The van der Waals surface area contributed by atoms with Crippen molar-refractivity contribution in [1.29, 1.82) is 0 Å². The fourth-order valence-electron chi connectivity index (χ4n) is 3.27. The first kappa shape index (κ1) is 18.8. The molecule has 0 unspecified atom stereocenters. The predicted octanol–water partition coefficient (Wildman–Crippen LogP) is 2.57. The minimum atomic E-state index is -0.439. The van der Waals surface area contributed by atoms with Gasteiger partial charge in [-0.2, -0.15) is 5.10 Å². The van der Waals surface area contributed by atoms with Gasteiger partial charge in [0.25, 0.3) is 0 Å². The number of hydrogen-bond acceptors (Lipinski definition) is 4. The third kappa shape index (κ3) is 4.72. The van der Waals surface area contributed by atoms with Crippen molar-refractivity contribution < 1.29 is 9.53 Å². The molecule has 2 rings (SSSR count). The Kier molecular flexibility index (Phi) is 5.58. The highest BCUT2D eigenvalue weighted by molar-refractivity contribution is 5.68. The second-order valence-electron chi connectivity index (χ2n) is 7.96. The molecule has 1 amide bonds. The number of nitrogens with one attached hydrogen (secondary N) is 1. The zero-order valence-corrected chi connectivity index (χ0v) is 16.1. The molecule has 1 fully saturated rings. The van der Waals surface area contributed by atoms with Gasteiger partial charge in [-0.15, -0.1) is 0 Å². The highest BCUT2D eigenvalue weighted by Gasteiger charge is 2.30. The van der Waals surface area contributed by atoms with E-state index in [0.717, 1.165) is 25.1 Å². The van der Waals surface area contributed by atoms with Crippen molar-refractivity contribution in [3.8, 4) is 0 Å². The van der Waals surface area contributed by atoms with Crippen molar-refractivity contribution in [2.24, 2.45) is 7.05 Å². The number of aryl methyl sites for hydroxylation is 2. The predicted molar refractivity (Wildman–Crippen MR) is 95.2 cm³/mol. The summed E-state index contributed by atoms with van der Waals surface area (Å²) >= 11 is 0. The lowest BCUT2D eigenvalue weighted by atomic mass is 10.0. The Balaban J connectivity index is 1.85. The molecule has 1 N–H and O–H groups in total. The summed E-state index contributed by atoms with van der Waals surface area (Å²) in [5.74, 6) is 0. The molecular formula is C18H32N4O2. The van der Waals surface area contributed by atoms with Crippen molar-refractivity contribution in [3.63, 3.8) is 0 Å². The molecule has 6 heteroatoms. The van der Waals surface area contributed by atoms with Gasteiger partial charge < -0.3 is 15.0 Å². The van der Waals surface area contributed by atoms with Crippen molar-refractivity contribution in [3.05, 3.63) is 17.0 Å². The fraction of sp³-hybridized carbons (Fsp3) is 0.778. The van der Waals surface area contributed by atoms with Gasteiger partial charge >= 0.3 is 6.09 Å². The van der Waals surface area contributed by atoms with Crippen molar-refractivity contribution in [1.82, 2.24) is 20.0 Å². The zero-order valence-electron chi connectivity index (χ0n) is 16.1. The van der Waals surface area contributed by atoms with E-state index < -0.39 is 5.60 Å². The summed E-state index contributed by atoms with van der Waals surface area (Å²) < 4.78 is 7.39. The third-order valence-corrected chi connectivity index (χ3v) is 4.53. The number of likely N-dealkylation sites (tertiary alicyclic amines) is 1. The lowest BCUT2D eigenvalue weighted by Crippen LogP contribution is -2.41. The standard InChI is InChI=1S/C18H32N4O2/c1-12(10-16-13(2)20-21(7)14(16)3)19-15-8-9-22(11-15)17(23)24-18(4,5)6/h12,15,19H,8-11H2,1-7H3/t12-,15-/m0/s1. The Morgan fingerprint density at radius 1 is 1.42 bits per heavy atom. The molecular weight excluding hydrogens is 304 g/mol. The van der Waals surface area contributed by atoms with E-state index in [2.05, 4.69) is 31.2 Å². The van der Waals surface area contributed by atoms with Crippen LogP contribution < -0.4 is 5.32 Å². The molecule has 0 spiro atoms. The van der Waals surface area contributed by atoms with Crippen LogP contribution in [-0.4, -0.2) is 51.5 Å². The molecule has 0 radical (unpaired) electrons. The van der Waals surface area contributed by atoms with E-state index in [1.54, 1.807) is 4.90 Å². The smallest absolute Gasteiger partial charge is 0.410 e. The van der Waals surface area contributed by atoms with Crippen molar-refractivity contribution in [2.45, 2.75) is 72.1 Å². The molecule has 1 aliphatic heterocycles. The first-order valence-corrected chi connectivity index (χ1v) is 8.80. The molecule has 1 aliphatic rings. The highest BCUT2D eigenvalue weighted by Crippen LogP contribution is 2.18. The van der Waals surface area contributed by atoms with Gasteiger partial charge in [-0.25, -0.2) is 4.79 Å². The van der Waals surface area contributed by atoms with Gasteiger partial charge in [0, 0.05) is 37.9 Å². The van der Waals surface area contributed by atoms with Crippen LogP contribution in [0.2, 0.25) is 0 Å². The van der Waals surface area contributed by atoms with E-state index in [1.807, 2.05) is 32.5 Å². The van der Waals surface area contributed by atoms with Crippen LogP contribution >= 0.6 is 0 Å². The summed E-state index contributed by atoms with van der Waals surface area (Å²) in [6.45, 7) is 13.5. The topological polar surface area (TPSA) is 59.4 Å². The minimum absolute atomic E-state index is 0.210. The Morgan fingerprint density at radius 3 is 2.62 bits per heavy atom. The summed E-state index contributed by atoms with van der Waals surface area (Å²) in [6, 6.07) is 0.667. The van der Waals surface area contributed by atoms with E-state index in [-0.39, 0.29) is 6.09 Å². The van der Waals surface area contributed by atoms with Crippen LogP contribution in [0, 0.1) is 13.8 Å². The summed E-state index contributed by atoms with van der Waals surface area (Å²) in [5.41, 5.74) is 3.21. The number of rotatable bonds is 4. The summed E-state index contributed by atoms with van der Waals surface area (Å²) in [4.78, 5) is 13.9. The number of nitrogens with zero attached hydrogens (tertiary/aromatic N) is 3. The molecule has 136 valence electrons. The largest absolute Gasteiger partial charge is 0.444 e. The molecule has 0 aromatic carbocycles. The van der Waals surface area contributed by atoms with Crippen LogP contribution in [0.15, 0.2) is 0 Å². The van der Waals surface area contributed by atoms with Crippen LogP contribution in [0.25, 0.3) is 0 Å². The number of aromatic nitrogens is 2. The van der Waals surface area contributed by atoms with Crippen LogP contribution in [0.4, 0.5) is 4.79 Å². The van der Waals surface area contributed by atoms with Gasteiger partial charge in [0.15, 0.2) is 0 Å². The highest BCUT2D eigenvalue weighted by atomic mass is 16.6. The van der Waals surface area contributed by atoms with E-state index in [1.165, 1.54) is 11.3 Å². The van der Waals surface area contributed by atoms with Gasteiger partial charge in [0.2, 0.25) is 0 Å². The van der Waals surface area contributed by atoms with Crippen LogP contribution in [0.1, 0.15) is 51.1 Å². The molecule has 24 heavy (non-hydrogen) atoms. The zero-order chi connectivity index (χ0) is 18.1. The Bertz CT molecular complexity index is 589. The van der Waals surface area contributed by atoms with Gasteiger partial charge in [-0.3, -0.25) is 4.68 Å². The van der Waals surface area contributed by atoms with Gasteiger partial charge in [0.05, 0.1) is 5.69 Å². The Labute approximate surface area is 145 Å². The van der Waals surface area contributed by atoms with E-state index >= 15 is 0 Å². The van der Waals surface area contributed by atoms with Crippen molar-refractivity contribution >= 4 is 6.09 Å². The maximum atomic E-state index is 12.1. The SMILES string of the molecule is Cc1nn(C)c(C)c1C[C@H](C)N[C@H]1CCN(C(=O)OC(C)(C)C)C1. The minimum Gasteiger partial charge on any atom is -0.444 e. The molecule has 0 aliphatic carbocycles. The van der Waals surface area contributed by atoms with Gasteiger partial charge in [-0.1, -0.05) is 0 Å². The van der Waals surface area contributed by atoms with Crippen LogP contribution in [0.3, 0.4) is 0 Å². The maximum Gasteiger partial charge on any atom is 0.410 e. The number of amides is 1. The van der Waals surface area contributed by atoms with Crippen LogP contribution in [-0.2, 0) is 18.2 Å².